The maximum atomic E-state index is 13.3. The Balaban J connectivity index is 0.000000289. The number of Topliss-reactive ketones (excluding diaryl/α,β-unsaturated/α-hetero) is 4. The summed E-state index contributed by atoms with van der Waals surface area (Å²) in [5.41, 5.74) is 4.29. The second-order valence-corrected chi connectivity index (χ2v) is 16.5. The fraction of sp³-hybridized carbons (Fsp3) is 0.389. The summed E-state index contributed by atoms with van der Waals surface area (Å²) in [7, 11) is 0. The molecule has 0 bridgehead atoms. The topological polar surface area (TPSA) is 162 Å². The van der Waals surface area contributed by atoms with E-state index in [1.807, 2.05) is 30.3 Å². The van der Waals surface area contributed by atoms with Crippen molar-refractivity contribution in [1.29, 1.82) is 0 Å². The van der Waals surface area contributed by atoms with Crippen molar-refractivity contribution in [2.45, 2.75) is 110 Å². The molecular weight excluding hydrogens is 838 g/mol. The average molecular weight is 902 g/mol. The van der Waals surface area contributed by atoms with Crippen molar-refractivity contribution >= 4 is 57.2 Å². The van der Waals surface area contributed by atoms with E-state index in [1.54, 1.807) is 68.6 Å². The standard InChI is InChI=1S/C28H32N2O4.C26H32FNO4/c1-21(32)9-5-3-2-4-6-13-26(33)22-14-16-24(17-15-22)28(34)30(19-20-31)25-12-7-10-23-11-8-18-29-27(23)25;1-20(30)7-5-3-2-4-6-8-25(31)22-11-9-21(10-12-22)19-26(32)28(17-18-29)24-15-13-23(27)14-16-24/h7-8,10-12,14-18,31H,2-6,9,13,19-20H2,1H3;9-16,29H,2-8,17-19H2,1H3. The van der Waals surface area contributed by atoms with E-state index < -0.39 is 5.82 Å². The summed E-state index contributed by atoms with van der Waals surface area (Å²) in [6.07, 6.45) is 13.5. The fourth-order valence-electron chi connectivity index (χ4n) is 7.56. The van der Waals surface area contributed by atoms with Crippen molar-refractivity contribution < 1.29 is 43.4 Å². The number of pyridine rings is 1. The van der Waals surface area contributed by atoms with E-state index in [0.717, 1.165) is 75.2 Å². The lowest BCUT2D eigenvalue weighted by molar-refractivity contribution is -0.118. The monoisotopic (exact) mass is 901 g/mol. The molecule has 0 atom stereocenters. The summed E-state index contributed by atoms with van der Waals surface area (Å²) in [4.78, 5) is 80.2. The summed E-state index contributed by atoms with van der Waals surface area (Å²) >= 11 is 0. The van der Waals surface area contributed by atoms with Gasteiger partial charge in [0.15, 0.2) is 11.6 Å². The summed E-state index contributed by atoms with van der Waals surface area (Å²) in [5, 5.41) is 19.8. The van der Waals surface area contributed by atoms with Crippen molar-refractivity contribution in [3.8, 4) is 0 Å². The zero-order valence-corrected chi connectivity index (χ0v) is 38.4. The van der Waals surface area contributed by atoms with Gasteiger partial charge in [0, 0.05) is 72.7 Å². The first-order chi connectivity index (χ1) is 31.9. The van der Waals surface area contributed by atoms with E-state index in [2.05, 4.69) is 4.98 Å². The Morgan fingerprint density at radius 1 is 0.530 bits per heavy atom. The second-order valence-electron chi connectivity index (χ2n) is 16.5. The predicted octanol–water partition coefficient (Wildman–Crippen LogP) is 10.3. The lowest BCUT2D eigenvalue weighted by atomic mass is 10.0. The lowest BCUT2D eigenvalue weighted by Crippen LogP contribution is -2.34. The third kappa shape index (κ3) is 17.6. The Kier molecular flexibility index (Phi) is 22.7. The molecule has 11 nitrogen and oxygen atoms in total. The van der Waals surface area contributed by atoms with Gasteiger partial charge in [-0.2, -0.15) is 0 Å². The van der Waals surface area contributed by atoms with Crippen molar-refractivity contribution in [3.63, 3.8) is 0 Å². The Labute approximate surface area is 388 Å². The van der Waals surface area contributed by atoms with Crippen LogP contribution in [0.1, 0.15) is 140 Å². The number of amides is 2. The first-order valence-electron chi connectivity index (χ1n) is 23.1. The van der Waals surface area contributed by atoms with E-state index >= 15 is 0 Å². The highest BCUT2D eigenvalue weighted by Gasteiger charge is 2.21. The van der Waals surface area contributed by atoms with Gasteiger partial charge in [0.05, 0.1) is 30.8 Å². The lowest BCUT2D eigenvalue weighted by Gasteiger charge is -2.23. The van der Waals surface area contributed by atoms with Gasteiger partial charge in [-0.25, -0.2) is 4.39 Å². The number of halogens is 1. The maximum absolute atomic E-state index is 13.3. The van der Waals surface area contributed by atoms with Crippen LogP contribution in [0.2, 0.25) is 0 Å². The van der Waals surface area contributed by atoms with Crippen LogP contribution in [0.5, 0.6) is 0 Å². The molecule has 0 saturated carbocycles. The number of benzene rings is 4. The minimum absolute atomic E-state index is 0.0632. The fourth-order valence-corrected chi connectivity index (χ4v) is 7.56. The number of aliphatic hydroxyl groups is 2. The van der Waals surface area contributed by atoms with Crippen LogP contribution in [-0.2, 0) is 20.8 Å². The van der Waals surface area contributed by atoms with Crippen LogP contribution < -0.4 is 9.80 Å². The Hall–Kier alpha value is -6.24. The number of rotatable bonds is 27. The van der Waals surface area contributed by atoms with E-state index in [9.17, 15) is 43.4 Å². The molecule has 12 heteroatoms. The Morgan fingerprint density at radius 2 is 1.00 bits per heavy atom. The number of aromatic nitrogens is 1. The summed E-state index contributed by atoms with van der Waals surface area (Å²) in [6.45, 7) is 3.10. The normalized spacial score (nSPS) is 10.8. The van der Waals surface area contributed by atoms with E-state index in [0.29, 0.717) is 59.3 Å². The highest BCUT2D eigenvalue weighted by atomic mass is 19.1. The number of fused-ring (bicyclic) bond motifs is 1. The highest BCUT2D eigenvalue weighted by molar-refractivity contribution is 6.10. The van der Waals surface area contributed by atoms with E-state index in [-0.39, 0.29) is 67.7 Å². The molecule has 0 saturated heterocycles. The number of nitrogens with zero attached hydrogens (tertiary/aromatic N) is 3. The van der Waals surface area contributed by atoms with Crippen molar-refractivity contribution in [2.75, 3.05) is 36.1 Å². The van der Waals surface area contributed by atoms with E-state index in [4.69, 9.17) is 0 Å². The number of para-hydroxylation sites is 1. The number of carbonyl (C=O) groups excluding carboxylic acids is 6. The summed E-state index contributed by atoms with van der Waals surface area (Å²) in [5.74, 6) is -0.259. The first kappa shape index (κ1) is 52.4. The minimum Gasteiger partial charge on any atom is -0.395 e. The maximum Gasteiger partial charge on any atom is 0.258 e. The molecular formula is C54H64FN3O8. The number of unbranched alkanes of at least 4 members (excludes halogenated alkanes) is 8. The van der Waals surface area contributed by atoms with Crippen molar-refractivity contribution in [2.24, 2.45) is 0 Å². The van der Waals surface area contributed by atoms with Crippen LogP contribution in [0, 0.1) is 5.82 Å². The van der Waals surface area contributed by atoms with Gasteiger partial charge in [-0.05, 0) is 93.6 Å². The molecule has 2 amide bonds. The van der Waals surface area contributed by atoms with Crippen LogP contribution in [-0.4, -0.2) is 76.4 Å². The number of hydrogen-bond acceptors (Lipinski definition) is 9. The Morgan fingerprint density at radius 3 is 1.53 bits per heavy atom. The summed E-state index contributed by atoms with van der Waals surface area (Å²) in [6, 6.07) is 28.7. The van der Waals surface area contributed by atoms with Gasteiger partial charge in [-0.1, -0.05) is 93.1 Å². The summed E-state index contributed by atoms with van der Waals surface area (Å²) < 4.78 is 13.2. The van der Waals surface area contributed by atoms with Gasteiger partial charge in [0.2, 0.25) is 5.91 Å². The molecule has 0 fully saturated rings. The van der Waals surface area contributed by atoms with Gasteiger partial charge in [0.1, 0.15) is 17.4 Å². The zero-order valence-electron chi connectivity index (χ0n) is 38.4. The molecule has 350 valence electrons. The molecule has 1 heterocycles. The molecule has 0 unspecified atom stereocenters. The number of aliphatic hydroxyl groups excluding tert-OH is 2. The molecule has 5 rings (SSSR count). The average Bonchev–Trinajstić information content (AvgIpc) is 3.32. The molecule has 0 aliphatic rings. The van der Waals surface area contributed by atoms with Gasteiger partial charge in [0.25, 0.3) is 5.91 Å². The van der Waals surface area contributed by atoms with Crippen molar-refractivity contribution in [1.82, 2.24) is 4.98 Å². The van der Waals surface area contributed by atoms with Crippen molar-refractivity contribution in [3.05, 3.63) is 137 Å². The first-order valence-corrected chi connectivity index (χ1v) is 23.1. The van der Waals surface area contributed by atoms with Crippen LogP contribution >= 0.6 is 0 Å². The molecule has 4 aromatic carbocycles. The molecule has 0 aliphatic carbocycles. The minimum atomic E-state index is -0.390. The number of hydrogen-bond donors (Lipinski definition) is 2. The largest absolute Gasteiger partial charge is 0.395 e. The van der Waals surface area contributed by atoms with Gasteiger partial charge >= 0.3 is 0 Å². The van der Waals surface area contributed by atoms with Gasteiger partial charge < -0.3 is 29.6 Å². The highest BCUT2D eigenvalue weighted by Crippen LogP contribution is 2.27. The van der Waals surface area contributed by atoms with Crippen LogP contribution in [0.4, 0.5) is 15.8 Å². The van der Waals surface area contributed by atoms with Gasteiger partial charge in [-0.15, -0.1) is 0 Å². The SMILES string of the molecule is CC(=O)CCCCCCCC(=O)c1ccc(C(=O)N(CCO)c2cccc3cccnc23)cc1.CC(=O)CCCCCCCC(=O)c1ccc(CC(=O)N(CCO)c2ccc(F)cc2)cc1. The molecule has 5 aromatic rings. The van der Waals surface area contributed by atoms with Crippen LogP contribution in [0.25, 0.3) is 10.9 Å². The number of ketones is 4. The van der Waals surface area contributed by atoms with Gasteiger partial charge in [-0.3, -0.25) is 24.2 Å². The number of carbonyl (C=O) groups is 6. The van der Waals surface area contributed by atoms with Crippen LogP contribution in [0.3, 0.4) is 0 Å². The molecule has 0 aliphatic heterocycles. The van der Waals surface area contributed by atoms with E-state index in [1.165, 1.54) is 34.1 Å². The molecule has 0 radical (unpaired) electrons. The van der Waals surface area contributed by atoms with Crippen LogP contribution in [0.15, 0.2) is 109 Å². The third-order valence-corrected chi connectivity index (χ3v) is 11.2. The second kappa shape index (κ2) is 28.6. The predicted molar refractivity (Wildman–Crippen MR) is 258 cm³/mol. The molecule has 0 spiro atoms. The molecule has 1 aromatic heterocycles. The quantitative estimate of drug-likeness (QED) is 0.0386. The third-order valence-electron chi connectivity index (χ3n) is 11.2. The Bertz CT molecular complexity index is 2330. The number of anilines is 2. The smallest absolute Gasteiger partial charge is 0.258 e. The zero-order chi connectivity index (χ0) is 47.7. The molecule has 66 heavy (non-hydrogen) atoms. The molecule has 2 N–H and O–H groups in total.